The molecule has 6 nitrogen and oxygen atoms in total. The molecule has 0 unspecified atom stereocenters. The van der Waals surface area contributed by atoms with E-state index in [-0.39, 0.29) is 17.9 Å². The lowest BCUT2D eigenvalue weighted by Gasteiger charge is -2.33. The van der Waals surface area contributed by atoms with Crippen molar-refractivity contribution in [3.63, 3.8) is 0 Å². The van der Waals surface area contributed by atoms with Gasteiger partial charge in [-0.15, -0.1) is 0 Å². The van der Waals surface area contributed by atoms with Crippen LogP contribution in [-0.4, -0.2) is 45.8 Å². The first-order valence-corrected chi connectivity index (χ1v) is 7.73. The number of piperidine rings is 1. The number of likely N-dealkylation sites (tertiary alicyclic amines) is 1. The molecule has 0 bridgehead atoms. The Morgan fingerprint density at radius 3 is 2.59 bits per heavy atom. The zero-order chi connectivity index (χ0) is 15.1. The quantitative estimate of drug-likeness (QED) is 0.816. The van der Waals surface area contributed by atoms with E-state index < -0.39 is 0 Å². The highest BCUT2D eigenvalue weighted by Crippen LogP contribution is 2.29. The SMILES string of the molecule is O=C1C[C@@H](N2CCC(c3nc4ccccc4[nH]3)CC2)C(=O)N1. The van der Waals surface area contributed by atoms with Crippen LogP contribution in [0.4, 0.5) is 0 Å². The van der Waals surface area contributed by atoms with Crippen molar-refractivity contribution < 1.29 is 9.59 Å². The topological polar surface area (TPSA) is 78.1 Å². The molecule has 2 aliphatic heterocycles. The van der Waals surface area contributed by atoms with Gasteiger partial charge < -0.3 is 4.98 Å². The first kappa shape index (κ1) is 13.5. The molecule has 22 heavy (non-hydrogen) atoms. The molecule has 2 amide bonds. The van der Waals surface area contributed by atoms with Gasteiger partial charge in [-0.3, -0.25) is 19.8 Å². The predicted octanol–water partition coefficient (Wildman–Crippen LogP) is 1.16. The van der Waals surface area contributed by atoms with E-state index >= 15 is 0 Å². The van der Waals surface area contributed by atoms with Crippen molar-refractivity contribution in [3.8, 4) is 0 Å². The van der Waals surface area contributed by atoms with E-state index in [4.69, 9.17) is 0 Å². The van der Waals surface area contributed by atoms with Crippen LogP contribution in [0.5, 0.6) is 0 Å². The summed E-state index contributed by atoms with van der Waals surface area (Å²) in [7, 11) is 0. The van der Waals surface area contributed by atoms with E-state index in [1.165, 1.54) is 0 Å². The average molecular weight is 298 g/mol. The Bertz CT molecular complexity index is 698. The van der Waals surface area contributed by atoms with Gasteiger partial charge in [0.05, 0.1) is 23.5 Å². The van der Waals surface area contributed by atoms with Crippen LogP contribution in [0.2, 0.25) is 0 Å². The number of para-hydroxylation sites is 2. The van der Waals surface area contributed by atoms with E-state index in [9.17, 15) is 9.59 Å². The van der Waals surface area contributed by atoms with Gasteiger partial charge in [0.15, 0.2) is 0 Å². The highest BCUT2D eigenvalue weighted by molar-refractivity contribution is 6.05. The Balaban J connectivity index is 1.45. The Labute approximate surface area is 127 Å². The Kier molecular flexibility index (Phi) is 3.18. The minimum absolute atomic E-state index is 0.146. The van der Waals surface area contributed by atoms with Crippen molar-refractivity contribution in [1.82, 2.24) is 20.2 Å². The van der Waals surface area contributed by atoms with Gasteiger partial charge >= 0.3 is 0 Å². The zero-order valence-electron chi connectivity index (χ0n) is 12.2. The summed E-state index contributed by atoms with van der Waals surface area (Å²) in [5, 5.41) is 2.39. The molecule has 2 N–H and O–H groups in total. The second kappa shape index (κ2) is 5.21. The molecule has 0 saturated carbocycles. The molecule has 1 atom stereocenters. The fourth-order valence-electron chi connectivity index (χ4n) is 3.49. The number of hydrogen-bond donors (Lipinski definition) is 2. The standard InChI is InChI=1S/C16H18N4O2/c21-14-9-13(16(22)19-14)20-7-5-10(6-8-20)15-17-11-3-1-2-4-12(11)18-15/h1-4,10,13H,5-9H2,(H,17,18)(H,19,21,22)/t13-/m1/s1. The number of fused-ring (bicyclic) bond motifs is 1. The number of imidazole rings is 1. The normalized spacial score (nSPS) is 24.1. The first-order chi connectivity index (χ1) is 10.7. The minimum Gasteiger partial charge on any atom is -0.342 e. The van der Waals surface area contributed by atoms with Gasteiger partial charge in [0.2, 0.25) is 11.8 Å². The molecule has 0 spiro atoms. The number of benzene rings is 1. The fourth-order valence-corrected chi connectivity index (χ4v) is 3.49. The highest BCUT2D eigenvalue weighted by atomic mass is 16.2. The summed E-state index contributed by atoms with van der Waals surface area (Å²) < 4.78 is 0. The van der Waals surface area contributed by atoms with Crippen LogP contribution in [0.25, 0.3) is 11.0 Å². The fraction of sp³-hybridized carbons (Fsp3) is 0.438. The molecule has 1 aromatic heterocycles. The van der Waals surface area contributed by atoms with Gasteiger partial charge in [0.1, 0.15) is 5.82 Å². The minimum atomic E-state index is -0.274. The number of rotatable bonds is 2. The van der Waals surface area contributed by atoms with Crippen LogP contribution < -0.4 is 5.32 Å². The smallest absolute Gasteiger partial charge is 0.244 e. The van der Waals surface area contributed by atoms with Crippen LogP contribution >= 0.6 is 0 Å². The summed E-state index contributed by atoms with van der Waals surface area (Å²) >= 11 is 0. The predicted molar refractivity (Wildman–Crippen MR) is 81.2 cm³/mol. The second-order valence-corrected chi connectivity index (χ2v) is 6.08. The van der Waals surface area contributed by atoms with Crippen molar-refractivity contribution in [1.29, 1.82) is 0 Å². The number of carbonyl (C=O) groups excluding carboxylic acids is 2. The van der Waals surface area contributed by atoms with Crippen LogP contribution in [-0.2, 0) is 9.59 Å². The molecule has 3 heterocycles. The highest BCUT2D eigenvalue weighted by Gasteiger charge is 2.37. The van der Waals surface area contributed by atoms with E-state index in [0.717, 1.165) is 42.8 Å². The lowest BCUT2D eigenvalue weighted by Crippen LogP contribution is -2.44. The molecule has 114 valence electrons. The number of H-pyrrole nitrogens is 1. The summed E-state index contributed by atoms with van der Waals surface area (Å²) in [5.74, 6) is 1.12. The summed E-state index contributed by atoms with van der Waals surface area (Å²) in [4.78, 5) is 33.3. The lowest BCUT2D eigenvalue weighted by atomic mass is 9.95. The van der Waals surface area contributed by atoms with Crippen molar-refractivity contribution in [3.05, 3.63) is 30.1 Å². The lowest BCUT2D eigenvalue weighted by molar-refractivity contribution is -0.126. The molecular weight excluding hydrogens is 280 g/mol. The molecule has 2 aromatic rings. The molecule has 2 fully saturated rings. The van der Waals surface area contributed by atoms with Gasteiger partial charge in [-0.05, 0) is 38.1 Å². The summed E-state index contributed by atoms with van der Waals surface area (Å²) in [6.45, 7) is 1.65. The largest absolute Gasteiger partial charge is 0.342 e. The third-order valence-corrected chi connectivity index (χ3v) is 4.71. The number of amides is 2. The van der Waals surface area contributed by atoms with Gasteiger partial charge in [-0.2, -0.15) is 0 Å². The maximum absolute atomic E-state index is 11.8. The van der Waals surface area contributed by atoms with E-state index in [1.54, 1.807) is 0 Å². The van der Waals surface area contributed by atoms with E-state index in [2.05, 4.69) is 20.2 Å². The molecule has 2 saturated heterocycles. The number of carbonyl (C=O) groups is 2. The van der Waals surface area contributed by atoms with Crippen LogP contribution in [0.1, 0.15) is 31.0 Å². The van der Waals surface area contributed by atoms with E-state index in [0.29, 0.717) is 12.3 Å². The van der Waals surface area contributed by atoms with Crippen LogP contribution in [0.3, 0.4) is 0 Å². The summed E-state index contributed by atoms with van der Waals surface area (Å²) in [6.07, 6.45) is 2.21. The number of hydrogen-bond acceptors (Lipinski definition) is 4. The third kappa shape index (κ3) is 2.29. The number of nitrogens with one attached hydrogen (secondary N) is 2. The molecule has 6 heteroatoms. The number of aromatic amines is 1. The number of aromatic nitrogens is 2. The second-order valence-electron chi connectivity index (χ2n) is 6.08. The maximum Gasteiger partial charge on any atom is 0.244 e. The van der Waals surface area contributed by atoms with Crippen molar-refractivity contribution in [2.24, 2.45) is 0 Å². The third-order valence-electron chi connectivity index (χ3n) is 4.71. The summed E-state index contributed by atoms with van der Waals surface area (Å²) in [6, 6.07) is 7.77. The van der Waals surface area contributed by atoms with Crippen molar-refractivity contribution in [2.45, 2.75) is 31.2 Å². The van der Waals surface area contributed by atoms with Crippen molar-refractivity contribution >= 4 is 22.8 Å². The molecule has 0 radical (unpaired) electrons. The zero-order valence-corrected chi connectivity index (χ0v) is 12.2. The average Bonchev–Trinajstić information content (AvgIpc) is 3.10. The molecule has 4 rings (SSSR count). The van der Waals surface area contributed by atoms with Gasteiger partial charge in [-0.25, -0.2) is 4.98 Å². The molecule has 2 aliphatic rings. The van der Waals surface area contributed by atoms with Gasteiger partial charge in [0, 0.05) is 5.92 Å². The molecule has 1 aromatic carbocycles. The van der Waals surface area contributed by atoms with Crippen LogP contribution in [0.15, 0.2) is 24.3 Å². The van der Waals surface area contributed by atoms with Gasteiger partial charge in [0.25, 0.3) is 0 Å². The number of imide groups is 1. The maximum atomic E-state index is 11.8. The Hall–Kier alpha value is -2.21. The number of nitrogens with zero attached hydrogens (tertiary/aromatic N) is 2. The monoisotopic (exact) mass is 298 g/mol. The first-order valence-electron chi connectivity index (χ1n) is 7.73. The molecule has 0 aliphatic carbocycles. The van der Waals surface area contributed by atoms with Crippen LogP contribution in [0, 0.1) is 0 Å². The molecular formula is C16H18N4O2. The summed E-state index contributed by atoms with van der Waals surface area (Å²) in [5.41, 5.74) is 2.07. The Morgan fingerprint density at radius 1 is 1.14 bits per heavy atom. The Morgan fingerprint density at radius 2 is 1.91 bits per heavy atom. The van der Waals surface area contributed by atoms with Gasteiger partial charge in [-0.1, -0.05) is 12.1 Å². The van der Waals surface area contributed by atoms with Crippen molar-refractivity contribution in [2.75, 3.05) is 13.1 Å². The van der Waals surface area contributed by atoms with E-state index in [1.807, 2.05) is 24.3 Å².